The second kappa shape index (κ2) is 6.31. The monoisotopic (exact) mass is 251 g/mol. The molecule has 17 heavy (non-hydrogen) atoms. The number of nitrogens with one attached hydrogen (secondary N) is 1. The highest BCUT2D eigenvalue weighted by Crippen LogP contribution is 2.34. The van der Waals surface area contributed by atoms with Crippen molar-refractivity contribution in [2.24, 2.45) is 0 Å². The van der Waals surface area contributed by atoms with E-state index >= 15 is 0 Å². The standard InChI is InChI=1S/C14H21NOS/c1-3-10-16-13-6-4-12(5-7-13)14-15-9-8-11(2)17-14/h4-7,11,14-15H,3,8-10H2,1-2H3. The molecule has 2 unspecified atom stereocenters. The molecule has 1 fully saturated rings. The van der Waals surface area contributed by atoms with E-state index < -0.39 is 0 Å². The van der Waals surface area contributed by atoms with Crippen LogP contribution in [0.5, 0.6) is 5.75 Å². The van der Waals surface area contributed by atoms with Gasteiger partial charge in [-0.15, -0.1) is 11.8 Å². The molecule has 0 saturated carbocycles. The van der Waals surface area contributed by atoms with Crippen LogP contribution < -0.4 is 10.1 Å². The van der Waals surface area contributed by atoms with Crippen molar-refractivity contribution in [3.05, 3.63) is 29.8 Å². The molecule has 0 radical (unpaired) electrons. The molecule has 94 valence electrons. The average molecular weight is 251 g/mol. The molecule has 1 heterocycles. The summed E-state index contributed by atoms with van der Waals surface area (Å²) in [6, 6.07) is 8.50. The van der Waals surface area contributed by atoms with Gasteiger partial charge in [0.15, 0.2) is 0 Å². The van der Waals surface area contributed by atoms with Gasteiger partial charge in [0.1, 0.15) is 5.75 Å². The zero-order valence-corrected chi connectivity index (χ0v) is 11.4. The molecule has 1 saturated heterocycles. The van der Waals surface area contributed by atoms with Crippen molar-refractivity contribution in [1.82, 2.24) is 5.32 Å². The molecule has 2 nitrogen and oxygen atoms in total. The topological polar surface area (TPSA) is 21.3 Å². The Kier molecular flexibility index (Phi) is 4.75. The number of hydrogen-bond acceptors (Lipinski definition) is 3. The van der Waals surface area contributed by atoms with E-state index in [1.807, 2.05) is 11.8 Å². The first kappa shape index (κ1) is 12.8. The summed E-state index contributed by atoms with van der Waals surface area (Å²) in [4.78, 5) is 0. The van der Waals surface area contributed by atoms with Crippen molar-refractivity contribution in [2.75, 3.05) is 13.2 Å². The number of hydrogen-bond donors (Lipinski definition) is 1. The van der Waals surface area contributed by atoms with Gasteiger partial charge in [0.2, 0.25) is 0 Å². The Labute approximate surface area is 108 Å². The fourth-order valence-electron chi connectivity index (χ4n) is 1.92. The minimum absolute atomic E-state index is 0.443. The maximum absolute atomic E-state index is 5.59. The second-order valence-corrected chi connectivity index (χ2v) is 6.04. The Balaban J connectivity index is 1.96. The largest absolute Gasteiger partial charge is 0.494 e. The first-order chi connectivity index (χ1) is 8.29. The van der Waals surface area contributed by atoms with Gasteiger partial charge in [-0.25, -0.2) is 0 Å². The lowest BCUT2D eigenvalue weighted by Crippen LogP contribution is -2.28. The van der Waals surface area contributed by atoms with E-state index in [1.165, 1.54) is 12.0 Å². The maximum atomic E-state index is 5.59. The number of ether oxygens (including phenoxy) is 1. The smallest absolute Gasteiger partial charge is 0.119 e. The van der Waals surface area contributed by atoms with Crippen LogP contribution in [0.1, 0.15) is 37.6 Å². The summed E-state index contributed by atoms with van der Waals surface area (Å²) in [6.07, 6.45) is 2.32. The first-order valence-electron chi connectivity index (χ1n) is 6.41. The molecule has 1 N–H and O–H groups in total. The molecule has 1 aliphatic heterocycles. The predicted molar refractivity (Wildman–Crippen MR) is 74.6 cm³/mol. The quantitative estimate of drug-likeness (QED) is 0.883. The van der Waals surface area contributed by atoms with Crippen LogP contribution in [0, 0.1) is 0 Å². The van der Waals surface area contributed by atoms with E-state index in [2.05, 4.69) is 43.4 Å². The maximum Gasteiger partial charge on any atom is 0.119 e. The van der Waals surface area contributed by atoms with Crippen molar-refractivity contribution >= 4 is 11.8 Å². The Morgan fingerprint density at radius 1 is 1.35 bits per heavy atom. The zero-order chi connectivity index (χ0) is 12.1. The Bertz CT molecular complexity index is 339. The third kappa shape index (κ3) is 3.65. The Hall–Kier alpha value is -0.670. The fraction of sp³-hybridized carbons (Fsp3) is 0.571. The third-order valence-electron chi connectivity index (χ3n) is 2.90. The SMILES string of the molecule is CCCOc1ccc(C2NCCC(C)S2)cc1. The first-order valence-corrected chi connectivity index (χ1v) is 7.35. The highest BCUT2D eigenvalue weighted by Gasteiger charge is 2.19. The van der Waals surface area contributed by atoms with E-state index in [0.717, 1.165) is 30.6 Å². The van der Waals surface area contributed by atoms with Gasteiger partial charge in [0.25, 0.3) is 0 Å². The van der Waals surface area contributed by atoms with Gasteiger partial charge in [-0.3, -0.25) is 0 Å². The minimum atomic E-state index is 0.443. The van der Waals surface area contributed by atoms with Crippen LogP contribution in [0.2, 0.25) is 0 Å². The van der Waals surface area contributed by atoms with Gasteiger partial charge in [-0.05, 0) is 37.1 Å². The van der Waals surface area contributed by atoms with Crippen LogP contribution in [0.15, 0.2) is 24.3 Å². The average Bonchev–Trinajstić information content (AvgIpc) is 2.37. The molecule has 1 aromatic carbocycles. The molecule has 0 bridgehead atoms. The van der Waals surface area contributed by atoms with Crippen LogP contribution in [0.4, 0.5) is 0 Å². The van der Waals surface area contributed by atoms with E-state index in [1.54, 1.807) is 0 Å². The molecule has 0 aromatic heterocycles. The van der Waals surface area contributed by atoms with Gasteiger partial charge in [0, 0.05) is 5.25 Å². The summed E-state index contributed by atoms with van der Waals surface area (Å²) >= 11 is 2.01. The fourth-order valence-corrected chi connectivity index (χ4v) is 3.17. The Morgan fingerprint density at radius 2 is 2.12 bits per heavy atom. The third-order valence-corrected chi connectivity index (χ3v) is 4.32. The number of thioether (sulfide) groups is 1. The van der Waals surface area contributed by atoms with Gasteiger partial charge < -0.3 is 10.1 Å². The molecule has 2 rings (SSSR count). The molecule has 0 spiro atoms. The minimum Gasteiger partial charge on any atom is -0.494 e. The van der Waals surface area contributed by atoms with E-state index in [9.17, 15) is 0 Å². The molecule has 0 amide bonds. The van der Waals surface area contributed by atoms with Gasteiger partial charge >= 0.3 is 0 Å². The van der Waals surface area contributed by atoms with Gasteiger partial charge in [-0.2, -0.15) is 0 Å². The lowest BCUT2D eigenvalue weighted by Gasteiger charge is -2.28. The van der Waals surface area contributed by atoms with Crippen molar-refractivity contribution in [3.8, 4) is 5.75 Å². The van der Waals surface area contributed by atoms with Crippen LogP contribution in [0.3, 0.4) is 0 Å². The molecule has 1 aliphatic rings. The lowest BCUT2D eigenvalue weighted by atomic mass is 10.2. The van der Waals surface area contributed by atoms with Gasteiger partial charge in [-0.1, -0.05) is 26.0 Å². The second-order valence-electron chi connectivity index (χ2n) is 4.49. The summed E-state index contributed by atoms with van der Waals surface area (Å²) in [5.74, 6) is 0.976. The number of benzene rings is 1. The molecule has 1 aromatic rings. The highest BCUT2D eigenvalue weighted by molar-refractivity contribution is 8.00. The molecule has 0 aliphatic carbocycles. The van der Waals surface area contributed by atoms with Crippen molar-refractivity contribution < 1.29 is 4.74 Å². The summed E-state index contributed by atoms with van der Waals surface area (Å²) in [5.41, 5.74) is 1.35. The number of rotatable bonds is 4. The summed E-state index contributed by atoms with van der Waals surface area (Å²) < 4.78 is 5.59. The molecular weight excluding hydrogens is 230 g/mol. The normalized spacial score (nSPS) is 24.6. The van der Waals surface area contributed by atoms with Crippen LogP contribution in [-0.2, 0) is 0 Å². The van der Waals surface area contributed by atoms with Gasteiger partial charge in [0.05, 0.1) is 12.0 Å². The van der Waals surface area contributed by atoms with Crippen molar-refractivity contribution in [3.63, 3.8) is 0 Å². The predicted octanol–water partition coefficient (Wildman–Crippen LogP) is 3.59. The zero-order valence-electron chi connectivity index (χ0n) is 10.6. The van der Waals surface area contributed by atoms with Crippen molar-refractivity contribution in [2.45, 2.75) is 37.3 Å². The molecular formula is C14H21NOS. The van der Waals surface area contributed by atoms with E-state index in [4.69, 9.17) is 4.74 Å². The Morgan fingerprint density at radius 3 is 2.76 bits per heavy atom. The van der Waals surface area contributed by atoms with E-state index in [0.29, 0.717) is 5.37 Å². The van der Waals surface area contributed by atoms with E-state index in [-0.39, 0.29) is 0 Å². The van der Waals surface area contributed by atoms with Crippen molar-refractivity contribution in [1.29, 1.82) is 0 Å². The van der Waals surface area contributed by atoms with Crippen LogP contribution in [-0.4, -0.2) is 18.4 Å². The summed E-state index contributed by atoms with van der Waals surface area (Å²) in [5, 5.41) is 4.74. The molecule has 2 atom stereocenters. The molecule has 3 heteroatoms. The summed E-state index contributed by atoms with van der Waals surface area (Å²) in [6.45, 7) is 6.34. The lowest BCUT2D eigenvalue weighted by molar-refractivity contribution is 0.317. The highest BCUT2D eigenvalue weighted by atomic mass is 32.2. The van der Waals surface area contributed by atoms with Crippen LogP contribution >= 0.6 is 11.8 Å². The van der Waals surface area contributed by atoms with Crippen LogP contribution in [0.25, 0.3) is 0 Å². The summed E-state index contributed by atoms with van der Waals surface area (Å²) in [7, 11) is 0.